The Kier molecular flexibility index (Phi) is 3.99. The number of amides is 1. The Morgan fingerprint density at radius 3 is 2.70 bits per heavy atom. The third kappa shape index (κ3) is 2.70. The van der Waals surface area contributed by atoms with Crippen LogP contribution in [-0.2, 0) is 0 Å². The Bertz CT molecular complexity index is 519. The molecular weight excluding hydrogens is 370 g/mol. The van der Waals surface area contributed by atoms with Gasteiger partial charge in [0.05, 0.1) is 5.56 Å². The monoisotopic (exact) mass is 388 g/mol. The third-order valence-electron chi connectivity index (χ3n) is 4.60. The van der Waals surface area contributed by atoms with Gasteiger partial charge in [0.1, 0.15) is 5.82 Å². The van der Waals surface area contributed by atoms with Crippen LogP contribution in [-0.4, -0.2) is 37.0 Å². The van der Waals surface area contributed by atoms with Crippen LogP contribution in [0.4, 0.5) is 4.39 Å². The zero-order valence-corrected chi connectivity index (χ0v) is 13.5. The number of halogens is 2. The lowest BCUT2D eigenvalue weighted by molar-refractivity contribution is 0.0606. The topological polar surface area (TPSA) is 32.3 Å². The molecule has 2 aliphatic heterocycles. The molecule has 1 aromatic carbocycles. The summed E-state index contributed by atoms with van der Waals surface area (Å²) in [7, 11) is 0. The zero-order chi connectivity index (χ0) is 14.2. The van der Waals surface area contributed by atoms with Crippen LogP contribution in [0.15, 0.2) is 18.2 Å². The van der Waals surface area contributed by atoms with Crippen molar-refractivity contribution >= 4 is 28.5 Å². The van der Waals surface area contributed by atoms with Crippen LogP contribution in [0, 0.1) is 14.8 Å². The number of likely N-dealkylation sites (tertiary alicyclic amines) is 1. The van der Waals surface area contributed by atoms with Gasteiger partial charge < -0.3 is 10.2 Å². The Morgan fingerprint density at radius 1 is 1.30 bits per heavy atom. The van der Waals surface area contributed by atoms with E-state index in [1.54, 1.807) is 6.07 Å². The van der Waals surface area contributed by atoms with E-state index in [0.29, 0.717) is 11.0 Å². The summed E-state index contributed by atoms with van der Waals surface area (Å²) >= 11 is 2.10. The summed E-state index contributed by atoms with van der Waals surface area (Å²) < 4.78 is 14.1. The highest BCUT2D eigenvalue weighted by Crippen LogP contribution is 2.37. The second-order valence-electron chi connectivity index (χ2n) is 5.84. The number of nitrogens with zero attached hydrogens (tertiary/aromatic N) is 1. The molecule has 108 valence electrons. The molecule has 0 atom stereocenters. The van der Waals surface area contributed by atoms with Crippen molar-refractivity contribution in [3.63, 3.8) is 0 Å². The number of hydrogen-bond donors (Lipinski definition) is 1. The number of nitrogens with one attached hydrogen (secondary N) is 1. The van der Waals surface area contributed by atoms with Crippen LogP contribution < -0.4 is 5.32 Å². The van der Waals surface area contributed by atoms with Gasteiger partial charge in [0.2, 0.25) is 0 Å². The van der Waals surface area contributed by atoms with Gasteiger partial charge in [-0.1, -0.05) is 0 Å². The van der Waals surface area contributed by atoms with Crippen LogP contribution in [0.1, 0.15) is 29.6 Å². The number of carbonyl (C=O) groups excluding carboxylic acids is 1. The maximum atomic E-state index is 13.3. The van der Waals surface area contributed by atoms with Gasteiger partial charge in [-0.15, -0.1) is 0 Å². The molecule has 1 spiro atoms. The van der Waals surface area contributed by atoms with Crippen molar-refractivity contribution in [2.45, 2.75) is 19.3 Å². The van der Waals surface area contributed by atoms with Gasteiger partial charge in [0.25, 0.3) is 5.91 Å². The molecular formula is C15H18FIN2O. The van der Waals surface area contributed by atoms with E-state index in [1.807, 2.05) is 4.90 Å². The van der Waals surface area contributed by atoms with Crippen molar-refractivity contribution in [3.8, 4) is 0 Å². The average Bonchev–Trinajstić information content (AvgIpc) is 2.90. The summed E-state index contributed by atoms with van der Waals surface area (Å²) in [6, 6.07) is 4.41. The minimum atomic E-state index is -0.345. The van der Waals surface area contributed by atoms with E-state index in [1.165, 1.54) is 18.6 Å². The highest BCUT2D eigenvalue weighted by atomic mass is 127. The number of hydrogen-bond acceptors (Lipinski definition) is 2. The second kappa shape index (κ2) is 5.60. The van der Waals surface area contributed by atoms with Crippen molar-refractivity contribution in [1.29, 1.82) is 0 Å². The van der Waals surface area contributed by atoms with Crippen LogP contribution in [0.5, 0.6) is 0 Å². The van der Waals surface area contributed by atoms with E-state index in [4.69, 9.17) is 0 Å². The largest absolute Gasteiger partial charge is 0.339 e. The number of benzene rings is 1. The van der Waals surface area contributed by atoms with Crippen LogP contribution in [0.25, 0.3) is 0 Å². The molecule has 1 N–H and O–H groups in total. The molecule has 0 aromatic heterocycles. The van der Waals surface area contributed by atoms with Crippen molar-refractivity contribution < 1.29 is 9.18 Å². The first kappa shape index (κ1) is 14.3. The van der Waals surface area contributed by atoms with Gasteiger partial charge in [-0.2, -0.15) is 0 Å². The first-order valence-corrected chi connectivity index (χ1v) is 8.13. The van der Waals surface area contributed by atoms with Crippen molar-refractivity contribution in [3.05, 3.63) is 33.1 Å². The lowest BCUT2D eigenvalue weighted by Crippen LogP contribution is -2.44. The first-order valence-electron chi connectivity index (χ1n) is 7.05. The minimum absolute atomic E-state index is 0.0327. The Morgan fingerprint density at radius 2 is 2.05 bits per heavy atom. The molecule has 20 heavy (non-hydrogen) atoms. The molecule has 1 amide bonds. The van der Waals surface area contributed by atoms with Crippen molar-refractivity contribution in [1.82, 2.24) is 10.2 Å². The summed E-state index contributed by atoms with van der Waals surface area (Å²) in [5.74, 6) is -0.378. The van der Waals surface area contributed by atoms with E-state index in [2.05, 4.69) is 27.9 Å². The lowest BCUT2D eigenvalue weighted by atomic mass is 9.78. The molecule has 0 aliphatic carbocycles. The Labute approximate surface area is 132 Å². The van der Waals surface area contributed by atoms with Crippen molar-refractivity contribution in [2.75, 3.05) is 26.2 Å². The van der Waals surface area contributed by atoms with Crippen molar-refractivity contribution in [2.24, 2.45) is 5.41 Å². The standard InChI is InChI=1S/C15H18FIN2O/c16-11-1-2-13(17)12(9-11)14(20)19-7-4-15(5-8-19)3-6-18-10-15/h1-2,9,18H,3-8,10H2. The molecule has 1 aromatic rings. The second-order valence-corrected chi connectivity index (χ2v) is 7.01. The highest BCUT2D eigenvalue weighted by molar-refractivity contribution is 14.1. The molecule has 2 fully saturated rings. The molecule has 2 aliphatic rings. The van der Waals surface area contributed by atoms with Gasteiger partial charge in [-0.3, -0.25) is 4.79 Å². The molecule has 2 heterocycles. The van der Waals surface area contributed by atoms with E-state index >= 15 is 0 Å². The highest BCUT2D eigenvalue weighted by Gasteiger charge is 2.38. The van der Waals surface area contributed by atoms with E-state index in [0.717, 1.165) is 42.6 Å². The Hall–Kier alpha value is -0.690. The summed E-state index contributed by atoms with van der Waals surface area (Å²) in [6.45, 7) is 3.74. The summed E-state index contributed by atoms with van der Waals surface area (Å²) in [4.78, 5) is 14.4. The maximum absolute atomic E-state index is 13.3. The zero-order valence-electron chi connectivity index (χ0n) is 11.3. The SMILES string of the molecule is O=C(c1cc(F)ccc1I)N1CCC2(CCNC2)CC1. The molecule has 2 saturated heterocycles. The average molecular weight is 388 g/mol. The fraction of sp³-hybridized carbons (Fsp3) is 0.533. The quantitative estimate of drug-likeness (QED) is 0.751. The van der Waals surface area contributed by atoms with Gasteiger partial charge in [0, 0.05) is 23.2 Å². The minimum Gasteiger partial charge on any atom is -0.339 e. The summed E-state index contributed by atoms with van der Waals surface area (Å²) in [5, 5.41) is 3.42. The van der Waals surface area contributed by atoms with Crippen LogP contribution in [0.3, 0.4) is 0 Å². The maximum Gasteiger partial charge on any atom is 0.255 e. The fourth-order valence-corrected chi connectivity index (χ4v) is 3.80. The number of piperidine rings is 1. The molecule has 3 rings (SSSR count). The smallest absolute Gasteiger partial charge is 0.255 e. The third-order valence-corrected chi connectivity index (χ3v) is 5.54. The predicted molar refractivity (Wildman–Crippen MR) is 84.2 cm³/mol. The molecule has 0 saturated carbocycles. The van der Waals surface area contributed by atoms with E-state index in [9.17, 15) is 9.18 Å². The Balaban J connectivity index is 1.71. The van der Waals surface area contributed by atoms with E-state index in [-0.39, 0.29) is 11.7 Å². The van der Waals surface area contributed by atoms with Crippen LogP contribution in [0.2, 0.25) is 0 Å². The summed E-state index contributed by atoms with van der Waals surface area (Å²) in [5.41, 5.74) is 0.886. The van der Waals surface area contributed by atoms with E-state index < -0.39 is 0 Å². The van der Waals surface area contributed by atoms with Gasteiger partial charge in [-0.25, -0.2) is 4.39 Å². The number of carbonyl (C=O) groups is 1. The molecule has 0 radical (unpaired) electrons. The fourth-order valence-electron chi connectivity index (χ4n) is 3.24. The van der Waals surface area contributed by atoms with Gasteiger partial charge >= 0.3 is 0 Å². The van der Waals surface area contributed by atoms with Gasteiger partial charge in [0.15, 0.2) is 0 Å². The lowest BCUT2D eigenvalue weighted by Gasteiger charge is -2.39. The molecule has 5 heteroatoms. The molecule has 0 unspecified atom stereocenters. The molecule has 0 bridgehead atoms. The predicted octanol–water partition coefficient (Wildman–Crippen LogP) is 2.65. The molecule has 3 nitrogen and oxygen atoms in total. The normalized spacial score (nSPS) is 21.4. The number of rotatable bonds is 1. The van der Waals surface area contributed by atoms with Gasteiger partial charge in [-0.05, 0) is 72.0 Å². The summed E-state index contributed by atoms with van der Waals surface area (Å²) in [6.07, 6.45) is 3.32. The first-order chi connectivity index (χ1) is 9.60. The van der Waals surface area contributed by atoms with Crippen LogP contribution >= 0.6 is 22.6 Å².